The van der Waals surface area contributed by atoms with E-state index in [9.17, 15) is 13.2 Å². The molecule has 0 amide bonds. The fourth-order valence-corrected chi connectivity index (χ4v) is 3.50. The first-order chi connectivity index (χ1) is 15.4. The largest absolute Gasteiger partial charge is 0.494 e. The molecule has 0 aliphatic carbocycles. The Morgan fingerprint density at radius 2 is 1.72 bits per heavy atom. The number of benzene rings is 3. The van der Waals surface area contributed by atoms with Crippen LogP contribution in [-0.2, 0) is 10.0 Å². The number of hydrazone groups is 1. The van der Waals surface area contributed by atoms with Gasteiger partial charge in [0.1, 0.15) is 5.75 Å². The van der Waals surface area contributed by atoms with E-state index >= 15 is 0 Å². The molecule has 8 nitrogen and oxygen atoms in total. The number of hydrogen-bond donors (Lipinski definition) is 1. The van der Waals surface area contributed by atoms with Gasteiger partial charge in [0.2, 0.25) is 0 Å². The quantitative estimate of drug-likeness (QED) is 0.229. The molecular weight excluding hydrogens is 432 g/mol. The highest BCUT2D eigenvalue weighted by Crippen LogP contribution is 2.28. The van der Waals surface area contributed by atoms with Crippen LogP contribution < -0.4 is 19.0 Å². The third kappa shape index (κ3) is 5.86. The van der Waals surface area contributed by atoms with Gasteiger partial charge < -0.3 is 14.2 Å². The number of methoxy groups -OCH3 is 1. The van der Waals surface area contributed by atoms with Crippen LogP contribution in [0.15, 0.2) is 82.8 Å². The standard InChI is InChI=1S/C23H22N2O6S/c1-3-30-19-12-10-18(11-13-19)23(26)31-21-14-9-17(15-22(21)29-2)16-24-25-32(27,28)20-7-5-4-6-8-20/h4-16,25H,3H2,1-2H3/b24-16-. The maximum Gasteiger partial charge on any atom is 0.343 e. The van der Waals surface area contributed by atoms with Crippen LogP contribution in [0.3, 0.4) is 0 Å². The number of carbonyl (C=O) groups excluding carboxylic acids is 1. The molecule has 32 heavy (non-hydrogen) atoms. The van der Waals surface area contributed by atoms with Crippen LogP contribution in [0, 0.1) is 0 Å². The molecular formula is C23H22N2O6S. The Labute approximate surface area is 186 Å². The minimum atomic E-state index is -3.77. The van der Waals surface area contributed by atoms with Crippen molar-refractivity contribution in [3.05, 3.63) is 83.9 Å². The molecule has 0 aromatic heterocycles. The number of carbonyl (C=O) groups is 1. The Morgan fingerprint density at radius 3 is 2.38 bits per heavy atom. The summed E-state index contributed by atoms with van der Waals surface area (Å²) in [6.07, 6.45) is 1.32. The zero-order chi connectivity index (χ0) is 23.0. The minimum Gasteiger partial charge on any atom is -0.494 e. The molecule has 3 aromatic carbocycles. The molecule has 3 aromatic rings. The summed E-state index contributed by atoms with van der Waals surface area (Å²) in [4.78, 5) is 14.7. The van der Waals surface area contributed by atoms with Gasteiger partial charge in [-0.3, -0.25) is 0 Å². The molecule has 0 aliphatic rings. The zero-order valence-corrected chi connectivity index (χ0v) is 18.3. The van der Waals surface area contributed by atoms with Gasteiger partial charge in [-0.1, -0.05) is 18.2 Å². The fourth-order valence-electron chi connectivity index (χ4n) is 2.68. The zero-order valence-electron chi connectivity index (χ0n) is 17.5. The van der Waals surface area contributed by atoms with Gasteiger partial charge in [-0.2, -0.15) is 13.5 Å². The number of rotatable bonds is 9. The number of nitrogens with zero attached hydrogens (tertiary/aromatic N) is 1. The van der Waals surface area contributed by atoms with Crippen LogP contribution in [0.25, 0.3) is 0 Å². The third-order valence-electron chi connectivity index (χ3n) is 4.23. The highest BCUT2D eigenvalue weighted by atomic mass is 32.2. The third-order valence-corrected chi connectivity index (χ3v) is 5.47. The van der Waals surface area contributed by atoms with Crippen molar-refractivity contribution in [3.63, 3.8) is 0 Å². The van der Waals surface area contributed by atoms with Crippen LogP contribution in [0.5, 0.6) is 17.2 Å². The molecule has 0 radical (unpaired) electrons. The first-order valence-electron chi connectivity index (χ1n) is 9.66. The second-order valence-electron chi connectivity index (χ2n) is 6.42. The van der Waals surface area contributed by atoms with Gasteiger partial charge in [-0.25, -0.2) is 9.63 Å². The van der Waals surface area contributed by atoms with Crippen LogP contribution in [-0.4, -0.2) is 34.3 Å². The summed E-state index contributed by atoms with van der Waals surface area (Å²) in [6.45, 7) is 2.41. The Bertz CT molecular complexity index is 1190. The van der Waals surface area contributed by atoms with Crippen LogP contribution in [0.4, 0.5) is 0 Å². The minimum absolute atomic E-state index is 0.103. The van der Waals surface area contributed by atoms with E-state index in [-0.39, 0.29) is 10.6 Å². The van der Waals surface area contributed by atoms with E-state index in [4.69, 9.17) is 14.2 Å². The predicted octanol–water partition coefficient (Wildman–Crippen LogP) is 3.63. The Balaban J connectivity index is 1.69. The van der Waals surface area contributed by atoms with Gasteiger partial charge >= 0.3 is 5.97 Å². The van der Waals surface area contributed by atoms with Crippen molar-refractivity contribution in [1.29, 1.82) is 0 Å². The molecule has 0 unspecified atom stereocenters. The summed E-state index contributed by atoms with van der Waals surface area (Å²) in [7, 11) is -2.33. The van der Waals surface area contributed by atoms with Gasteiger partial charge in [0, 0.05) is 0 Å². The number of ether oxygens (including phenoxy) is 3. The molecule has 0 aliphatic heterocycles. The van der Waals surface area contributed by atoms with Crippen molar-refractivity contribution in [2.75, 3.05) is 13.7 Å². The Morgan fingerprint density at radius 1 is 1.00 bits per heavy atom. The summed E-state index contributed by atoms with van der Waals surface area (Å²) >= 11 is 0. The topological polar surface area (TPSA) is 103 Å². The first kappa shape index (κ1) is 22.8. The molecule has 0 spiro atoms. The van der Waals surface area contributed by atoms with Crippen molar-refractivity contribution >= 4 is 22.2 Å². The van der Waals surface area contributed by atoms with E-state index in [1.54, 1.807) is 60.7 Å². The van der Waals surface area contributed by atoms with Crippen molar-refractivity contribution in [1.82, 2.24) is 4.83 Å². The van der Waals surface area contributed by atoms with E-state index in [0.29, 0.717) is 29.2 Å². The van der Waals surface area contributed by atoms with Crippen LogP contribution in [0.1, 0.15) is 22.8 Å². The van der Waals surface area contributed by atoms with Crippen LogP contribution in [0.2, 0.25) is 0 Å². The second kappa shape index (κ2) is 10.5. The average molecular weight is 455 g/mol. The lowest BCUT2D eigenvalue weighted by Gasteiger charge is -2.10. The Kier molecular flexibility index (Phi) is 7.45. The highest BCUT2D eigenvalue weighted by molar-refractivity contribution is 7.89. The fraction of sp³-hybridized carbons (Fsp3) is 0.130. The average Bonchev–Trinajstić information content (AvgIpc) is 2.81. The SMILES string of the molecule is CCOc1ccc(C(=O)Oc2ccc(/C=N\NS(=O)(=O)c3ccccc3)cc2OC)cc1. The second-order valence-corrected chi connectivity index (χ2v) is 8.08. The maximum absolute atomic E-state index is 12.4. The lowest BCUT2D eigenvalue weighted by atomic mass is 10.2. The van der Waals surface area contributed by atoms with Gasteiger partial charge in [0.15, 0.2) is 11.5 Å². The molecule has 3 rings (SSSR count). The summed E-state index contributed by atoms with van der Waals surface area (Å²) in [5.74, 6) is 0.615. The van der Waals surface area contributed by atoms with E-state index < -0.39 is 16.0 Å². The number of esters is 1. The van der Waals surface area contributed by atoms with Crippen molar-refractivity contribution in [2.45, 2.75) is 11.8 Å². The molecule has 0 fully saturated rings. The highest BCUT2D eigenvalue weighted by Gasteiger charge is 2.14. The number of sulfonamides is 1. The van der Waals surface area contributed by atoms with E-state index in [2.05, 4.69) is 9.93 Å². The normalized spacial score (nSPS) is 11.2. The molecule has 0 saturated carbocycles. The molecule has 1 N–H and O–H groups in total. The van der Waals surface area contributed by atoms with Gasteiger partial charge in [0.25, 0.3) is 10.0 Å². The summed E-state index contributed by atoms with van der Waals surface area (Å²) in [6, 6.07) is 19.2. The Hall–Kier alpha value is -3.85. The van der Waals surface area contributed by atoms with E-state index in [1.807, 2.05) is 6.92 Å². The summed E-state index contributed by atoms with van der Waals surface area (Å²) in [5, 5.41) is 3.79. The smallest absolute Gasteiger partial charge is 0.343 e. The molecule has 0 atom stereocenters. The van der Waals surface area contributed by atoms with E-state index in [0.717, 1.165) is 0 Å². The predicted molar refractivity (Wildman–Crippen MR) is 120 cm³/mol. The first-order valence-corrected chi connectivity index (χ1v) is 11.1. The lowest BCUT2D eigenvalue weighted by Crippen LogP contribution is -2.18. The molecule has 9 heteroatoms. The molecule has 166 valence electrons. The van der Waals surface area contributed by atoms with Crippen molar-refractivity contribution < 1.29 is 27.4 Å². The molecule has 0 bridgehead atoms. The molecule has 0 heterocycles. The maximum atomic E-state index is 12.4. The summed E-state index contributed by atoms with van der Waals surface area (Å²) in [5.41, 5.74) is 0.898. The van der Waals surface area contributed by atoms with Crippen molar-refractivity contribution in [3.8, 4) is 17.2 Å². The van der Waals surface area contributed by atoms with Crippen LogP contribution >= 0.6 is 0 Å². The van der Waals surface area contributed by atoms with E-state index in [1.165, 1.54) is 25.5 Å². The lowest BCUT2D eigenvalue weighted by molar-refractivity contribution is 0.0729. The van der Waals surface area contributed by atoms with Crippen molar-refractivity contribution in [2.24, 2.45) is 5.10 Å². The number of nitrogens with one attached hydrogen (secondary N) is 1. The summed E-state index contributed by atoms with van der Waals surface area (Å²) < 4.78 is 40.5. The van der Waals surface area contributed by atoms with Gasteiger partial charge in [-0.05, 0) is 67.1 Å². The van der Waals surface area contributed by atoms with Gasteiger partial charge in [0.05, 0.1) is 30.4 Å². The number of hydrogen-bond acceptors (Lipinski definition) is 7. The van der Waals surface area contributed by atoms with Gasteiger partial charge in [-0.15, -0.1) is 0 Å². The monoisotopic (exact) mass is 454 g/mol. The molecule has 0 saturated heterocycles.